The maximum Gasteiger partial charge on any atom is 0.334 e. The number of fused-ring (bicyclic) bond motifs is 4. The van der Waals surface area contributed by atoms with Crippen molar-refractivity contribution in [2.24, 2.45) is 22.7 Å². The summed E-state index contributed by atoms with van der Waals surface area (Å²) in [6.45, 7) is 3.38. The lowest BCUT2D eigenvalue weighted by Crippen LogP contribution is -2.59. The molecule has 38 heavy (non-hydrogen) atoms. The smallest absolute Gasteiger partial charge is 0.334 e. The van der Waals surface area contributed by atoms with Crippen LogP contribution in [0.15, 0.2) is 34.7 Å². The molecule has 3 fully saturated rings. The minimum atomic E-state index is -1.60. The predicted molar refractivity (Wildman–Crippen MR) is 128 cm³/mol. The van der Waals surface area contributed by atoms with Crippen LogP contribution >= 0.6 is 0 Å². The van der Waals surface area contributed by atoms with E-state index < -0.39 is 72.2 Å². The summed E-state index contributed by atoms with van der Waals surface area (Å²) in [6, 6.07) is 1.70. The Bertz CT molecular complexity index is 1070. The SMILES string of the molecule is COC(=O)C1=CCC[C@H]2[C@](C)(CC(OC3OC(CO)C(O)C(O)C3O)c3ccoc3)C3CC(OC3=O)[C@@]12C. The third-order valence-electron chi connectivity index (χ3n) is 9.45. The van der Waals surface area contributed by atoms with Gasteiger partial charge in [-0.15, -0.1) is 0 Å². The lowest BCUT2D eigenvalue weighted by Gasteiger charge is -2.56. The Morgan fingerprint density at radius 2 is 1.97 bits per heavy atom. The van der Waals surface area contributed by atoms with Gasteiger partial charge in [-0.25, -0.2) is 4.79 Å². The van der Waals surface area contributed by atoms with Crippen LogP contribution in [-0.2, 0) is 28.5 Å². The van der Waals surface area contributed by atoms with Gasteiger partial charge < -0.3 is 43.8 Å². The second-order valence-corrected chi connectivity index (χ2v) is 11.3. The van der Waals surface area contributed by atoms with Gasteiger partial charge in [0.2, 0.25) is 0 Å². The first-order chi connectivity index (χ1) is 18.1. The van der Waals surface area contributed by atoms with E-state index >= 15 is 0 Å². The first kappa shape index (κ1) is 27.3. The van der Waals surface area contributed by atoms with Crippen molar-refractivity contribution in [3.8, 4) is 0 Å². The number of hydrogen-bond acceptors (Lipinski definition) is 11. The highest BCUT2D eigenvalue weighted by atomic mass is 16.7. The summed E-state index contributed by atoms with van der Waals surface area (Å²) in [5.41, 5.74) is -0.344. The van der Waals surface area contributed by atoms with Crippen LogP contribution in [0.2, 0.25) is 0 Å². The molecule has 2 aliphatic carbocycles. The molecule has 11 atom stereocenters. The van der Waals surface area contributed by atoms with Gasteiger partial charge in [-0.3, -0.25) is 4.79 Å². The summed E-state index contributed by atoms with van der Waals surface area (Å²) in [5, 5.41) is 40.7. The topological polar surface area (TPSA) is 165 Å². The van der Waals surface area contributed by atoms with Crippen LogP contribution in [0.3, 0.4) is 0 Å². The van der Waals surface area contributed by atoms with Crippen LogP contribution in [0.4, 0.5) is 0 Å². The van der Waals surface area contributed by atoms with Gasteiger partial charge in [-0.1, -0.05) is 19.9 Å². The van der Waals surface area contributed by atoms with Gasteiger partial charge >= 0.3 is 11.9 Å². The number of furan rings is 1. The fourth-order valence-electron chi connectivity index (χ4n) is 7.39. The molecular formula is C27H36O11. The number of carbonyl (C=O) groups is 2. The van der Waals surface area contributed by atoms with E-state index in [1.54, 1.807) is 6.07 Å². The number of aliphatic hydroxyl groups excluding tert-OH is 4. The molecule has 11 nitrogen and oxygen atoms in total. The normalized spacial score (nSPS) is 43.1. The lowest BCUT2D eigenvalue weighted by atomic mass is 9.46. The summed E-state index contributed by atoms with van der Waals surface area (Å²) < 4.78 is 28.2. The molecule has 11 heteroatoms. The van der Waals surface area contributed by atoms with E-state index in [0.29, 0.717) is 24.0 Å². The summed E-state index contributed by atoms with van der Waals surface area (Å²) in [4.78, 5) is 26.0. The Hall–Kier alpha value is -2.28. The van der Waals surface area contributed by atoms with Gasteiger partial charge in [0.05, 0.1) is 38.3 Å². The van der Waals surface area contributed by atoms with Crippen molar-refractivity contribution >= 4 is 11.9 Å². The molecule has 1 aromatic heterocycles. The second kappa shape index (κ2) is 10.0. The van der Waals surface area contributed by atoms with Crippen LogP contribution < -0.4 is 0 Å². The number of ether oxygens (including phenoxy) is 4. The number of esters is 2. The van der Waals surface area contributed by atoms with Gasteiger partial charge in [0, 0.05) is 16.6 Å². The predicted octanol–water partition coefficient (Wildman–Crippen LogP) is 0.995. The van der Waals surface area contributed by atoms with Gasteiger partial charge in [0.25, 0.3) is 0 Å². The van der Waals surface area contributed by atoms with Crippen LogP contribution in [-0.4, -0.2) is 82.9 Å². The molecule has 0 radical (unpaired) electrons. The zero-order valence-electron chi connectivity index (χ0n) is 21.7. The van der Waals surface area contributed by atoms with Crippen molar-refractivity contribution < 1.29 is 53.4 Å². The Morgan fingerprint density at radius 3 is 2.63 bits per heavy atom. The lowest BCUT2D eigenvalue weighted by molar-refractivity contribution is -0.315. The average Bonchev–Trinajstić information content (AvgIpc) is 3.57. The summed E-state index contributed by atoms with van der Waals surface area (Å²) >= 11 is 0. The molecule has 0 spiro atoms. The zero-order chi connectivity index (χ0) is 27.4. The fraction of sp³-hybridized carbons (Fsp3) is 0.704. The maximum atomic E-state index is 13.2. The van der Waals surface area contributed by atoms with Crippen LogP contribution in [0, 0.1) is 22.7 Å². The third-order valence-corrected chi connectivity index (χ3v) is 9.45. The quantitative estimate of drug-likeness (QED) is 0.367. The first-order valence-electron chi connectivity index (χ1n) is 13.0. The van der Waals surface area contributed by atoms with Crippen LogP contribution in [0.5, 0.6) is 0 Å². The van der Waals surface area contributed by atoms with E-state index in [2.05, 4.69) is 0 Å². The molecule has 4 N–H and O–H groups in total. The average molecular weight is 537 g/mol. The van der Waals surface area contributed by atoms with Gasteiger partial charge in [-0.05, 0) is 43.1 Å². The summed E-state index contributed by atoms with van der Waals surface area (Å²) in [5.74, 6) is -1.35. The van der Waals surface area contributed by atoms with Gasteiger partial charge in [0.15, 0.2) is 6.29 Å². The van der Waals surface area contributed by atoms with Crippen LogP contribution in [0.1, 0.15) is 51.2 Å². The molecule has 2 aliphatic heterocycles. The van der Waals surface area contributed by atoms with Gasteiger partial charge in [-0.2, -0.15) is 0 Å². The zero-order valence-corrected chi connectivity index (χ0v) is 21.7. The second-order valence-electron chi connectivity index (χ2n) is 11.3. The molecule has 4 aliphatic rings. The molecule has 8 unspecified atom stereocenters. The van der Waals surface area contributed by atoms with E-state index in [0.717, 1.165) is 6.42 Å². The maximum absolute atomic E-state index is 13.2. The number of methoxy groups -OCH3 is 1. The number of hydrogen-bond donors (Lipinski definition) is 4. The number of rotatable bonds is 7. The molecule has 1 saturated carbocycles. The Labute approximate surface area is 220 Å². The number of aliphatic hydroxyl groups is 4. The van der Waals surface area contributed by atoms with Crippen molar-refractivity contribution in [1.82, 2.24) is 0 Å². The monoisotopic (exact) mass is 536 g/mol. The van der Waals surface area contributed by atoms with Gasteiger partial charge in [0.1, 0.15) is 30.5 Å². The standard InChI is InChI=1S/C27H36O11/c1-26(15-9-19(38-24(15)33)27(2)14(23(32)34-3)5-4-6-18(26)27)10-16(13-7-8-35-12-13)36-25-22(31)21(30)20(29)17(11-28)37-25/h5,7-8,12,15-22,25,28-31H,4,6,9-11H2,1-3H3/t15?,16?,17?,18-,19?,20?,21?,22?,25?,26+,27-/m0/s1. The Kier molecular flexibility index (Phi) is 7.21. The molecule has 2 saturated heterocycles. The number of allylic oxidation sites excluding steroid dienone is 1. The minimum absolute atomic E-state index is 0.142. The highest BCUT2D eigenvalue weighted by Gasteiger charge is 2.67. The van der Waals surface area contributed by atoms with Crippen molar-refractivity contribution in [3.63, 3.8) is 0 Å². The minimum Gasteiger partial charge on any atom is -0.472 e. The summed E-state index contributed by atoms with van der Waals surface area (Å²) in [7, 11) is 1.34. The number of carbonyl (C=O) groups excluding carboxylic acids is 2. The fourth-order valence-corrected chi connectivity index (χ4v) is 7.39. The largest absolute Gasteiger partial charge is 0.472 e. The third kappa shape index (κ3) is 4.11. The molecule has 3 heterocycles. The molecule has 5 rings (SSSR count). The molecule has 2 bridgehead atoms. The summed E-state index contributed by atoms with van der Waals surface area (Å²) in [6.07, 6.45) is -1.49. The van der Waals surface area contributed by atoms with Crippen molar-refractivity contribution in [1.29, 1.82) is 0 Å². The van der Waals surface area contributed by atoms with E-state index in [4.69, 9.17) is 23.4 Å². The first-order valence-corrected chi connectivity index (χ1v) is 13.0. The Morgan fingerprint density at radius 1 is 1.21 bits per heavy atom. The van der Waals surface area contributed by atoms with Crippen LogP contribution in [0.25, 0.3) is 0 Å². The van der Waals surface area contributed by atoms with E-state index in [9.17, 15) is 30.0 Å². The molecule has 0 amide bonds. The van der Waals surface area contributed by atoms with E-state index in [1.807, 2.05) is 19.9 Å². The van der Waals surface area contributed by atoms with Crippen molar-refractivity contribution in [2.45, 2.75) is 82.4 Å². The molecule has 0 aromatic carbocycles. The molecule has 1 aromatic rings. The van der Waals surface area contributed by atoms with Crippen molar-refractivity contribution in [2.75, 3.05) is 13.7 Å². The Balaban J connectivity index is 1.50. The highest BCUT2D eigenvalue weighted by molar-refractivity contribution is 5.91. The van der Waals surface area contributed by atoms with Crippen molar-refractivity contribution in [3.05, 3.63) is 35.8 Å². The van der Waals surface area contributed by atoms with E-state index in [-0.39, 0.29) is 18.3 Å². The van der Waals surface area contributed by atoms with E-state index in [1.165, 1.54) is 19.6 Å². The highest BCUT2D eigenvalue weighted by Crippen LogP contribution is 2.66. The molecular weight excluding hydrogens is 500 g/mol. The molecule has 210 valence electrons.